The molecule has 0 atom stereocenters. The van der Waals surface area contributed by atoms with Gasteiger partial charge in [0.25, 0.3) is 5.91 Å². The van der Waals surface area contributed by atoms with E-state index in [-0.39, 0.29) is 21.8 Å². The summed E-state index contributed by atoms with van der Waals surface area (Å²) in [5.74, 6) is 0.236. The van der Waals surface area contributed by atoms with Crippen LogP contribution >= 0.6 is 0 Å². The van der Waals surface area contributed by atoms with Gasteiger partial charge < -0.3 is 5.32 Å². The lowest BCUT2D eigenvalue weighted by atomic mass is 9.92. The van der Waals surface area contributed by atoms with Gasteiger partial charge in [0.15, 0.2) is 0 Å². The second-order valence-corrected chi connectivity index (χ2v) is 12.6. The summed E-state index contributed by atoms with van der Waals surface area (Å²) in [4.78, 5) is 13.4. The van der Waals surface area contributed by atoms with Gasteiger partial charge in [-0.2, -0.15) is 9.40 Å². The molecule has 0 spiro atoms. The fourth-order valence-corrected chi connectivity index (χ4v) is 5.57. The Labute approximate surface area is 192 Å². The van der Waals surface area contributed by atoms with Crippen molar-refractivity contribution in [1.29, 1.82) is 0 Å². The van der Waals surface area contributed by atoms with E-state index in [1.165, 1.54) is 10.4 Å². The highest BCUT2D eigenvalue weighted by Crippen LogP contribution is 2.29. The Kier molecular flexibility index (Phi) is 6.60. The Morgan fingerprint density at radius 1 is 1.00 bits per heavy atom. The van der Waals surface area contributed by atoms with Gasteiger partial charge in [-0.05, 0) is 58.2 Å². The molecule has 0 radical (unpaired) electrons. The molecule has 32 heavy (non-hydrogen) atoms. The van der Waals surface area contributed by atoms with Crippen LogP contribution in [0.1, 0.15) is 82.4 Å². The Hall–Kier alpha value is -2.19. The predicted molar refractivity (Wildman–Crippen MR) is 128 cm³/mol. The molecule has 1 aromatic heterocycles. The second-order valence-electron chi connectivity index (χ2n) is 10.6. The maximum absolute atomic E-state index is 13.2. The fourth-order valence-electron chi connectivity index (χ4n) is 3.80. The fraction of sp³-hybridized carbons (Fsp3) is 0.583. The van der Waals surface area contributed by atoms with Crippen LogP contribution in [0.3, 0.4) is 0 Å². The summed E-state index contributed by atoms with van der Waals surface area (Å²) in [6.45, 7) is 15.1. The SMILES string of the molecule is Cc1ccc(C(=O)Nc2cc(C(C)(C)C)nn2C(C)(C)C)cc1S(=O)(=O)N1CCCCC1. The number of nitrogens with one attached hydrogen (secondary N) is 1. The lowest BCUT2D eigenvalue weighted by Crippen LogP contribution is -2.36. The van der Waals surface area contributed by atoms with E-state index in [9.17, 15) is 13.2 Å². The summed E-state index contributed by atoms with van der Waals surface area (Å²) in [6, 6.07) is 6.76. The van der Waals surface area contributed by atoms with Crippen LogP contribution in [0.15, 0.2) is 29.2 Å². The number of benzene rings is 1. The van der Waals surface area contributed by atoms with Crippen LogP contribution in [-0.4, -0.2) is 41.5 Å². The number of nitrogens with zero attached hydrogens (tertiary/aromatic N) is 3. The van der Waals surface area contributed by atoms with Crippen molar-refractivity contribution in [2.45, 2.75) is 83.6 Å². The Morgan fingerprint density at radius 3 is 2.19 bits per heavy atom. The maximum atomic E-state index is 13.2. The molecule has 0 saturated carbocycles. The second kappa shape index (κ2) is 8.63. The minimum absolute atomic E-state index is 0.171. The molecule has 0 unspecified atom stereocenters. The molecule has 0 aliphatic carbocycles. The molecule has 1 N–H and O–H groups in total. The van der Waals surface area contributed by atoms with Crippen molar-refractivity contribution in [2.24, 2.45) is 0 Å². The molecular weight excluding hydrogens is 424 g/mol. The lowest BCUT2D eigenvalue weighted by molar-refractivity contribution is 0.102. The van der Waals surface area contributed by atoms with Crippen LogP contribution < -0.4 is 5.32 Å². The van der Waals surface area contributed by atoms with E-state index in [1.54, 1.807) is 19.1 Å². The van der Waals surface area contributed by atoms with Crippen molar-refractivity contribution < 1.29 is 13.2 Å². The number of hydrogen-bond donors (Lipinski definition) is 1. The number of amides is 1. The van der Waals surface area contributed by atoms with E-state index in [1.807, 2.05) is 31.5 Å². The first kappa shape index (κ1) is 24.5. The average molecular weight is 461 g/mol. The van der Waals surface area contributed by atoms with E-state index >= 15 is 0 Å². The number of sulfonamides is 1. The minimum atomic E-state index is -3.63. The van der Waals surface area contributed by atoms with Crippen LogP contribution in [0, 0.1) is 6.92 Å². The molecule has 1 aliphatic heterocycles. The first-order chi connectivity index (χ1) is 14.7. The minimum Gasteiger partial charge on any atom is -0.307 e. The zero-order valence-electron chi connectivity index (χ0n) is 20.3. The predicted octanol–water partition coefficient (Wildman–Crippen LogP) is 4.67. The van der Waals surface area contributed by atoms with Gasteiger partial charge in [-0.25, -0.2) is 13.1 Å². The third-order valence-corrected chi connectivity index (χ3v) is 7.78. The van der Waals surface area contributed by atoms with E-state index in [4.69, 9.17) is 5.10 Å². The van der Waals surface area contributed by atoms with E-state index in [0.717, 1.165) is 25.0 Å². The molecule has 1 fully saturated rings. The molecular formula is C24H36N4O3S. The maximum Gasteiger partial charge on any atom is 0.256 e. The van der Waals surface area contributed by atoms with Gasteiger partial charge in [-0.3, -0.25) is 4.79 Å². The topological polar surface area (TPSA) is 84.3 Å². The molecule has 0 bridgehead atoms. The molecule has 2 heterocycles. The quantitative estimate of drug-likeness (QED) is 0.718. The zero-order valence-corrected chi connectivity index (χ0v) is 21.1. The number of rotatable bonds is 4. The third-order valence-electron chi connectivity index (χ3n) is 5.74. The molecule has 1 saturated heterocycles. The smallest absolute Gasteiger partial charge is 0.256 e. The van der Waals surface area contributed by atoms with Gasteiger partial charge in [-0.15, -0.1) is 0 Å². The normalized spacial score (nSPS) is 16.2. The third kappa shape index (κ3) is 5.07. The van der Waals surface area contributed by atoms with Crippen molar-refractivity contribution in [3.05, 3.63) is 41.1 Å². The van der Waals surface area contributed by atoms with Crippen molar-refractivity contribution in [3.63, 3.8) is 0 Å². The number of anilines is 1. The standard InChI is InChI=1S/C24H36N4O3S/c1-17-11-12-18(15-19(17)32(30,31)27-13-9-8-10-14-27)22(29)25-21-16-20(23(2,3)4)26-28(21)24(5,6)7/h11-12,15-16H,8-10,13-14H2,1-7H3,(H,25,29). The van der Waals surface area contributed by atoms with Crippen LogP contribution in [0.2, 0.25) is 0 Å². The van der Waals surface area contributed by atoms with Gasteiger partial charge in [-0.1, -0.05) is 33.3 Å². The molecule has 7 nitrogen and oxygen atoms in total. The molecule has 8 heteroatoms. The largest absolute Gasteiger partial charge is 0.307 e. The molecule has 1 aliphatic rings. The summed E-state index contributed by atoms with van der Waals surface area (Å²) in [5.41, 5.74) is 1.32. The molecule has 1 amide bonds. The van der Waals surface area contributed by atoms with E-state index in [0.29, 0.717) is 30.0 Å². The Bertz CT molecular complexity index is 1100. The van der Waals surface area contributed by atoms with Gasteiger partial charge in [0.1, 0.15) is 5.82 Å². The monoisotopic (exact) mass is 460 g/mol. The summed E-state index contributed by atoms with van der Waals surface area (Å²) < 4.78 is 29.8. The molecule has 2 aromatic rings. The summed E-state index contributed by atoms with van der Waals surface area (Å²) in [6.07, 6.45) is 2.78. The number of carbonyl (C=O) groups is 1. The number of aromatic nitrogens is 2. The summed E-state index contributed by atoms with van der Waals surface area (Å²) in [7, 11) is -3.63. The summed E-state index contributed by atoms with van der Waals surface area (Å²) in [5, 5.41) is 7.69. The molecule has 3 rings (SSSR count). The number of aryl methyl sites for hydroxylation is 1. The highest BCUT2D eigenvalue weighted by molar-refractivity contribution is 7.89. The molecule has 176 valence electrons. The first-order valence-corrected chi connectivity index (χ1v) is 12.7. The first-order valence-electron chi connectivity index (χ1n) is 11.2. The van der Waals surface area contributed by atoms with Crippen LogP contribution in [-0.2, 0) is 21.0 Å². The Balaban J connectivity index is 1.95. The van der Waals surface area contributed by atoms with Crippen molar-refractivity contribution >= 4 is 21.7 Å². The number of hydrogen-bond acceptors (Lipinski definition) is 4. The van der Waals surface area contributed by atoms with Gasteiger partial charge in [0.2, 0.25) is 10.0 Å². The van der Waals surface area contributed by atoms with Crippen LogP contribution in [0.25, 0.3) is 0 Å². The highest BCUT2D eigenvalue weighted by Gasteiger charge is 2.29. The van der Waals surface area contributed by atoms with Gasteiger partial charge >= 0.3 is 0 Å². The lowest BCUT2D eigenvalue weighted by Gasteiger charge is -2.26. The van der Waals surface area contributed by atoms with Gasteiger partial charge in [0.05, 0.1) is 16.1 Å². The average Bonchev–Trinajstić information content (AvgIpc) is 3.13. The zero-order chi connectivity index (χ0) is 23.9. The van der Waals surface area contributed by atoms with Crippen molar-refractivity contribution in [2.75, 3.05) is 18.4 Å². The van der Waals surface area contributed by atoms with E-state index < -0.39 is 10.0 Å². The van der Waals surface area contributed by atoms with Crippen LogP contribution in [0.5, 0.6) is 0 Å². The summed E-state index contributed by atoms with van der Waals surface area (Å²) >= 11 is 0. The highest BCUT2D eigenvalue weighted by atomic mass is 32.2. The molecule has 1 aromatic carbocycles. The van der Waals surface area contributed by atoms with Crippen molar-refractivity contribution in [1.82, 2.24) is 14.1 Å². The Morgan fingerprint density at radius 2 is 1.62 bits per heavy atom. The van der Waals surface area contributed by atoms with Crippen molar-refractivity contribution in [3.8, 4) is 0 Å². The van der Waals surface area contributed by atoms with Crippen LogP contribution in [0.4, 0.5) is 5.82 Å². The number of piperidine rings is 1. The number of carbonyl (C=O) groups excluding carboxylic acids is 1. The van der Waals surface area contributed by atoms with E-state index in [2.05, 4.69) is 26.1 Å². The van der Waals surface area contributed by atoms with Gasteiger partial charge in [0, 0.05) is 30.1 Å².